The molecule has 1 saturated carbocycles. The van der Waals surface area contributed by atoms with Gasteiger partial charge < -0.3 is 5.32 Å². The second-order valence-corrected chi connectivity index (χ2v) is 5.43. The molecule has 18 heavy (non-hydrogen) atoms. The third kappa shape index (κ3) is 2.81. The zero-order valence-electron chi connectivity index (χ0n) is 9.72. The van der Waals surface area contributed by atoms with Crippen LogP contribution in [0.5, 0.6) is 0 Å². The van der Waals surface area contributed by atoms with Gasteiger partial charge in [-0.3, -0.25) is 0 Å². The molecule has 0 saturated heterocycles. The van der Waals surface area contributed by atoms with Gasteiger partial charge in [0.15, 0.2) is 0 Å². The molecule has 1 aliphatic rings. The van der Waals surface area contributed by atoms with E-state index in [-0.39, 0.29) is 17.6 Å². The van der Waals surface area contributed by atoms with Gasteiger partial charge in [-0.2, -0.15) is 5.26 Å². The van der Waals surface area contributed by atoms with E-state index in [9.17, 15) is 8.78 Å². The largest absolute Gasteiger partial charge is 0.376 e. The number of hydrogen-bond acceptors (Lipinski definition) is 2. The highest BCUT2D eigenvalue weighted by atomic mass is 79.9. The first-order valence-electron chi connectivity index (χ1n) is 5.92. The number of rotatable bonds is 2. The van der Waals surface area contributed by atoms with Crippen LogP contribution in [0.25, 0.3) is 0 Å². The van der Waals surface area contributed by atoms with E-state index in [1.807, 2.05) is 0 Å². The lowest BCUT2D eigenvalue weighted by atomic mass is 9.85. The molecule has 1 fully saturated rings. The molecule has 2 atom stereocenters. The molecule has 2 nitrogen and oxygen atoms in total. The number of hydrogen-bond donors (Lipinski definition) is 1. The molecule has 0 aliphatic heterocycles. The summed E-state index contributed by atoms with van der Waals surface area (Å²) in [6.07, 6.45) is 3.54. The van der Waals surface area contributed by atoms with Crippen molar-refractivity contribution in [2.45, 2.75) is 31.7 Å². The van der Waals surface area contributed by atoms with Crippen molar-refractivity contribution in [3.05, 3.63) is 28.2 Å². The summed E-state index contributed by atoms with van der Waals surface area (Å²) in [6.45, 7) is 0. The van der Waals surface area contributed by atoms with Crippen LogP contribution < -0.4 is 5.32 Å². The number of benzene rings is 1. The van der Waals surface area contributed by atoms with Gasteiger partial charge in [0.05, 0.1) is 12.0 Å². The molecule has 1 aliphatic carbocycles. The maximum absolute atomic E-state index is 13.7. The average Bonchev–Trinajstić information content (AvgIpc) is 2.34. The van der Waals surface area contributed by atoms with Crippen LogP contribution in [0, 0.1) is 28.9 Å². The van der Waals surface area contributed by atoms with Crippen molar-refractivity contribution in [2.24, 2.45) is 5.92 Å². The van der Waals surface area contributed by atoms with Crippen LogP contribution in [0.2, 0.25) is 0 Å². The Kier molecular flexibility index (Phi) is 4.18. The minimum atomic E-state index is -0.635. The third-order valence-corrected chi connectivity index (χ3v) is 3.73. The molecule has 0 amide bonds. The molecule has 0 radical (unpaired) electrons. The zero-order chi connectivity index (χ0) is 13.1. The second kappa shape index (κ2) is 5.66. The molecule has 0 bridgehead atoms. The van der Waals surface area contributed by atoms with Crippen LogP contribution in [-0.4, -0.2) is 6.04 Å². The SMILES string of the molecule is N#CC1CCCCC1Nc1c(F)cc(Br)cc1F. The van der Waals surface area contributed by atoms with Gasteiger partial charge in [0.25, 0.3) is 0 Å². The minimum absolute atomic E-state index is 0.134. The maximum atomic E-state index is 13.7. The van der Waals surface area contributed by atoms with Crippen LogP contribution in [0.1, 0.15) is 25.7 Å². The van der Waals surface area contributed by atoms with Crippen molar-refractivity contribution in [3.63, 3.8) is 0 Å². The fraction of sp³-hybridized carbons (Fsp3) is 0.462. The Hall–Kier alpha value is -1.15. The molecule has 0 aromatic heterocycles. The number of nitrogens with one attached hydrogen (secondary N) is 1. The molecule has 1 aromatic rings. The summed E-state index contributed by atoms with van der Waals surface area (Å²) in [4.78, 5) is 0. The number of nitrogens with zero attached hydrogens (tertiary/aromatic N) is 1. The highest BCUT2D eigenvalue weighted by Gasteiger charge is 2.26. The lowest BCUT2D eigenvalue weighted by Gasteiger charge is -2.28. The molecule has 2 unspecified atom stereocenters. The van der Waals surface area contributed by atoms with Crippen molar-refractivity contribution in [2.75, 3.05) is 5.32 Å². The van der Waals surface area contributed by atoms with E-state index in [0.29, 0.717) is 4.47 Å². The van der Waals surface area contributed by atoms with Gasteiger partial charge in [-0.15, -0.1) is 0 Å². The Morgan fingerprint density at radius 1 is 1.22 bits per heavy atom. The fourth-order valence-electron chi connectivity index (χ4n) is 2.32. The maximum Gasteiger partial charge on any atom is 0.150 e. The highest BCUT2D eigenvalue weighted by molar-refractivity contribution is 9.10. The van der Waals surface area contributed by atoms with Crippen LogP contribution in [0.3, 0.4) is 0 Å². The normalized spacial score (nSPS) is 23.4. The molecule has 0 spiro atoms. The monoisotopic (exact) mass is 314 g/mol. The summed E-state index contributed by atoms with van der Waals surface area (Å²) in [5, 5.41) is 11.9. The predicted octanol–water partition coefficient (Wildman–Crippen LogP) is 4.22. The number of nitriles is 1. The van der Waals surface area contributed by atoms with Crippen molar-refractivity contribution < 1.29 is 8.78 Å². The summed E-state index contributed by atoms with van der Waals surface area (Å²) < 4.78 is 27.7. The van der Waals surface area contributed by atoms with E-state index in [0.717, 1.165) is 25.7 Å². The van der Waals surface area contributed by atoms with Crippen LogP contribution in [0.15, 0.2) is 16.6 Å². The van der Waals surface area contributed by atoms with Crippen LogP contribution in [0.4, 0.5) is 14.5 Å². The molecule has 2 rings (SSSR count). The first-order valence-corrected chi connectivity index (χ1v) is 6.72. The van der Waals surface area contributed by atoms with Crippen molar-refractivity contribution in [3.8, 4) is 6.07 Å². The Bertz CT molecular complexity index is 461. The zero-order valence-corrected chi connectivity index (χ0v) is 11.3. The van der Waals surface area contributed by atoms with Gasteiger partial charge in [0, 0.05) is 10.5 Å². The molecular formula is C13H13BrF2N2. The van der Waals surface area contributed by atoms with Crippen molar-refractivity contribution in [1.82, 2.24) is 0 Å². The molecule has 96 valence electrons. The molecule has 1 N–H and O–H groups in total. The first-order chi connectivity index (χ1) is 8.61. The standard InChI is InChI=1S/C13H13BrF2N2/c14-9-5-10(15)13(11(16)6-9)18-12-4-2-1-3-8(12)7-17/h5-6,8,12,18H,1-4H2. The Morgan fingerprint density at radius 3 is 2.44 bits per heavy atom. The molecular weight excluding hydrogens is 302 g/mol. The summed E-state index contributed by atoms with van der Waals surface area (Å²) in [6, 6.07) is 4.47. The highest BCUT2D eigenvalue weighted by Crippen LogP contribution is 2.30. The lowest BCUT2D eigenvalue weighted by molar-refractivity contribution is 0.386. The van der Waals surface area contributed by atoms with E-state index >= 15 is 0 Å². The Balaban J connectivity index is 2.21. The quantitative estimate of drug-likeness (QED) is 0.887. The summed E-state index contributed by atoms with van der Waals surface area (Å²) in [7, 11) is 0. The van der Waals surface area contributed by atoms with Gasteiger partial charge in [0.1, 0.15) is 17.3 Å². The van der Waals surface area contributed by atoms with Gasteiger partial charge >= 0.3 is 0 Å². The number of halogens is 3. The van der Waals surface area contributed by atoms with E-state index in [1.54, 1.807) is 0 Å². The fourth-order valence-corrected chi connectivity index (χ4v) is 2.73. The van der Waals surface area contributed by atoms with Crippen molar-refractivity contribution >= 4 is 21.6 Å². The van der Waals surface area contributed by atoms with Gasteiger partial charge in [-0.1, -0.05) is 28.8 Å². The average molecular weight is 315 g/mol. The van der Waals surface area contributed by atoms with Crippen molar-refractivity contribution in [1.29, 1.82) is 5.26 Å². The van der Waals surface area contributed by atoms with Gasteiger partial charge in [-0.25, -0.2) is 8.78 Å². The first kappa shape index (κ1) is 13.3. The molecule has 5 heteroatoms. The summed E-state index contributed by atoms with van der Waals surface area (Å²) in [5.41, 5.74) is -0.134. The molecule has 1 aromatic carbocycles. The van der Waals surface area contributed by atoms with E-state index in [4.69, 9.17) is 5.26 Å². The lowest BCUT2D eigenvalue weighted by Crippen LogP contribution is -2.32. The van der Waals surface area contributed by atoms with Gasteiger partial charge in [-0.05, 0) is 25.0 Å². The molecule has 0 heterocycles. The predicted molar refractivity (Wildman–Crippen MR) is 69.0 cm³/mol. The van der Waals surface area contributed by atoms with Crippen LogP contribution >= 0.6 is 15.9 Å². The van der Waals surface area contributed by atoms with Gasteiger partial charge in [0.2, 0.25) is 0 Å². The third-order valence-electron chi connectivity index (χ3n) is 3.27. The summed E-state index contributed by atoms with van der Waals surface area (Å²) >= 11 is 3.04. The minimum Gasteiger partial charge on any atom is -0.376 e. The van der Waals surface area contributed by atoms with E-state index in [1.165, 1.54) is 12.1 Å². The van der Waals surface area contributed by atoms with E-state index < -0.39 is 11.6 Å². The second-order valence-electron chi connectivity index (χ2n) is 4.52. The Labute approximate surface area is 113 Å². The Morgan fingerprint density at radius 2 is 1.83 bits per heavy atom. The topological polar surface area (TPSA) is 35.8 Å². The van der Waals surface area contributed by atoms with E-state index in [2.05, 4.69) is 27.3 Å². The smallest absolute Gasteiger partial charge is 0.150 e. The number of anilines is 1. The van der Waals surface area contributed by atoms with Crippen LogP contribution in [-0.2, 0) is 0 Å². The summed E-state index contributed by atoms with van der Waals surface area (Å²) in [5.74, 6) is -1.45.